The van der Waals surface area contributed by atoms with Crippen molar-refractivity contribution in [1.29, 1.82) is 0 Å². The van der Waals surface area contributed by atoms with Crippen LogP contribution in [0.15, 0.2) is 30.6 Å². The Balaban J connectivity index is 2.64. The first kappa shape index (κ1) is 7.72. The van der Waals surface area contributed by atoms with Gasteiger partial charge in [0.15, 0.2) is 5.82 Å². The van der Waals surface area contributed by atoms with Crippen LogP contribution in [-0.2, 0) is 0 Å². The molecule has 0 aliphatic rings. The SMILES string of the molecule is Nc1cccc(F)c1-n1ccnn1. The van der Waals surface area contributed by atoms with E-state index in [0.717, 1.165) is 0 Å². The largest absolute Gasteiger partial charge is 0.397 e. The van der Waals surface area contributed by atoms with Crippen LogP contribution in [0.1, 0.15) is 0 Å². The standard InChI is InChI=1S/C8H7FN4/c9-6-2-1-3-7(10)8(6)13-5-4-11-12-13/h1-5H,10H2. The number of nitrogens with zero attached hydrogens (tertiary/aromatic N) is 3. The molecule has 5 heteroatoms. The number of nitrogen functional groups attached to an aromatic ring is 1. The summed E-state index contributed by atoms with van der Waals surface area (Å²) in [6, 6.07) is 4.48. The summed E-state index contributed by atoms with van der Waals surface area (Å²) >= 11 is 0. The summed E-state index contributed by atoms with van der Waals surface area (Å²) in [5.74, 6) is -0.412. The minimum Gasteiger partial charge on any atom is -0.397 e. The van der Waals surface area contributed by atoms with Crippen LogP contribution in [0, 0.1) is 5.82 Å². The van der Waals surface area contributed by atoms with E-state index in [1.807, 2.05) is 0 Å². The Hall–Kier alpha value is -1.91. The maximum Gasteiger partial charge on any atom is 0.151 e. The second-order valence-electron chi connectivity index (χ2n) is 2.53. The van der Waals surface area contributed by atoms with Gasteiger partial charge in [-0.15, -0.1) is 5.10 Å². The van der Waals surface area contributed by atoms with Gasteiger partial charge in [-0.3, -0.25) is 0 Å². The van der Waals surface area contributed by atoms with Gasteiger partial charge in [-0.2, -0.15) is 0 Å². The molecule has 0 radical (unpaired) electrons. The van der Waals surface area contributed by atoms with Crippen molar-refractivity contribution in [3.05, 3.63) is 36.4 Å². The Kier molecular flexibility index (Phi) is 1.70. The molecule has 0 unspecified atom stereocenters. The second kappa shape index (κ2) is 2.85. The van der Waals surface area contributed by atoms with Gasteiger partial charge < -0.3 is 5.73 Å². The van der Waals surface area contributed by atoms with Crippen LogP contribution < -0.4 is 5.73 Å². The van der Waals surface area contributed by atoms with Crippen LogP contribution in [0.3, 0.4) is 0 Å². The number of rotatable bonds is 1. The molecule has 2 aromatic rings. The zero-order valence-corrected chi connectivity index (χ0v) is 6.68. The van der Waals surface area contributed by atoms with Crippen molar-refractivity contribution in [3.63, 3.8) is 0 Å². The van der Waals surface area contributed by atoms with Crippen LogP contribution in [0.25, 0.3) is 5.69 Å². The lowest BCUT2D eigenvalue weighted by atomic mass is 10.2. The van der Waals surface area contributed by atoms with Crippen molar-refractivity contribution in [2.45, 2.75) is 0 Å². The number of nitrogens with two attached hydrogens (primary N) is 1. The molecule has 2 N–H and O–H groups in total. The number of aromatic nitrogens is 3. The molecule has 1 aromatic heterocycles. The molecule has 1 heterocycles. The normalized spacial score (nSPS) is 10.2. The predicted molar refractivity (Wildman–Crippen MR) is 45.7 cm³/mol. The molecule has 0 amide bonds. The molecule has 66 valence electrons. The van der Waals surface area contributed by atoms with Crippen LogP contribution in [0.5, 0.6) is 0 Å². The molecule has 0 saturated heterocycles. The van der Waals surface area contributed by atoms with Crippen LogP contribution in [-0.4, -0.2) is 15.0 Å². The van der Waals surface area contributed by atoms with Crippen LogP contribution in [0.4, 0.5) is 10.1 Å². The van der Waals surface area contributed by atoms with E-state index in [-0.39, 0.29) is 5.69 Å². The summed E-state index contributed by atoms with van der Waals surface area (Å²) in [7, 11) is 0. The van der Waals surface area contributed by atoms with Crippen molar-refractivity contribution in [2.24, 2.45) is 0 Å². The van der Waals surface area contributed by atoms with Crippen LogP contribution >= 0.6 is 0 Å². The van der Waals surface area contributed by atoms with Crippen molar-refractivity contribution in [1.82, 2.24) is 15.0 Å². The third-order valence-corrected chi connectivity index (χ3v) is 1.67. The summed E-state index contributed by atoms with van der Waals surface area (Å²) in [5, 5.41) is 7.23. The maximum atomic E-state index is 13.2. The molecule has 13 heavy (non-hydrogen) atoms. The summed E-state index contributed by atoms with van der Waals surface area (Å²) in [6.45, 7) is 0. The summed E-state index contributed by atoms with van der Waals surface area (Å²) in [5.41, 5.74) is 6.16. The van der Waals surface area contributed by atoms with Gasteiger partial charge in [-0.05, 0) is 12.1 Å². The highest BCUT2D eigenvalue weighted by Crippen LogP contribution is 2.18. The minimum atomic E-state index is -0.412. The quantitative estimate of drug-likeness (QED) is 0.662. The Morgan fingerprint density at radius 1 is 1.38 bits per heavy atom. The van der Waals surface area contributed by atoms with Gasteiger partial charge in [0.25, 0.3) is 0 Å². The lowest BCUT2D eigenvalue weighted by Crippen LogP contribution is -2.03. The van der Waals surface area contributed by atoms with Gasteiger partial charge in [0, 0.05) is 0 Å². The van der Waals surface area contributed by atoms with Gasteiger partial charge in [-0.1, -0.05) is 11.3 Å². The first-order valence-corrected chi connectivity index (χ1v) is 3.70. The average molecular weight is 178 g/mol. The van der Waals surface area contributed by atoms with Gasteiger partial charge in [0.1, 0.15) is 5.69 Å². The number of benzene rings is 1. The minimum absolute atomic E-state index is 0.236. The molecule has 0 fully saturated rings. The van der Waals surface area contributed by atoms with E-state index in [2.05, 4.69) is 10.3 Å². The molecule has 1 aromatic carbocycles. The fourth-order valence-corrected chi connectivity index (χ4v) is 1.10. The summed E-state index contributed by atoms with van der Waals surface area (Å²) in [6.07, 6.45) is 3.00. The van der Waals surface area contributed by atoms with Gasteiger partial charge in [-0.25, -0.2) is 9.07 Å². The second-order valence-corrected chi connectivity index (χ2v) is 2.53. The molecule has 0 aliphatic heterocycles. The molecular formula is C8H7FN4. The third kappa shape index (κ3) is 1.24. The highest BCUT2D eigenvalue weighted by atomic mass is 19.1. The third-order valence-electron chi connectivity index (χ3n) is 1.67. The first-order valence-electron chi connectivity index (χ1n) is 3.70. The summed E-state index contributed by atoms with van der Waals surface area (Å²) in [4.78, 5) is 0. The Morgan fingerprint density at radius 3 is 2.85 bits per heavy atom. The number of anilines is 1. The van der Waals surface area contributed by atoms with Gasteiger partial charge in [0.2, 0.25) is 0 Å². The average Bonchev–Trinajstić information content (AvgIpc) is 2.57. The van der Waals surface area contributed by atoms with Crippen molar-refractivity contribution < 1.29 is 4.39 Å². The molecule has 0 aliphatic carbocycles. The fourth-order valence-electron chi connectivity index (χ4n) is 1.10. The van der Waals surface area contributed by atoms with Crippen molar-refractivity contribution >= 4 is 5.69 Å². The van der Waals surface area contributed by atoms with E-state index in [4.69, 9.17) is 5.73 Å². The van der Waals surface area contributed by atoms with E-state index >= 15 is 0 Å². The highest BCUT2D eigenvalue weighted by Gasteiger charge is 2.07. The summed E-state index contributed by atoms with van der Waals surface area (Å²) < 4.78 is 14.5. The lowest BCUT2D eigenvalue weighted by molar-refractivity contribution is 0.608. The fraction of sp³-hybridized carbons (Fsp3) is 0. The number of para-hydroxylation sites is 1. The Morgan fingerprint density at radius 2 is 2.23 bits per heavy atom. The van der Waals surface area contributed by atoms with E-state index in [1.54, 1.807) is 12.1 Å². The lowest BCUT2D eigenvalue weighted by Gasteiger charge is -2.04. The maximum absolute atomic E-state index is 13.2. The molecule has 0 atom stereocenters. The smallest absolute Gasteiger partial charge is 0.151 e. The van der Waals surface area contributed by atoms with Gasteiger partial charge in [0.05, 0.1) is 18.1 Å². The molecule has 0 bridgehead atoms. The van der Waals surface area contributed by atoms with E-state index in [9.17, 15) is 4.39 Å². The number of hydrogen-bond donors (Lipinski definition) is 1. The zero-order chi connectivity index (χ0) is 9.26. The van der Waals surface area contributed by atoms with Gasteiger partial charge >= 0.3 is 0 Å². The Bertz CT molecular complexity index is 390. The predicted octanol–water partition coefficient (Wildman–Crippen LogP) is 0.989. The molecule has 0 saturated carbocycles. The molecule has 0 spiro atoms. The van der Waals surface area contributed by atoms with E-state index < -0.39 is 5.82 Å². The molecular weight excluding hydrogens is 171 g/mol. The highest BCUT2D eigenvalue weighted by molar-refractivity contribution is 5.57. The van der Waals surface area contributed by atoms with Crippen molar-refractivity contribution in [3.8, 4) is 5.69 Å². The van der Waals surface area contributed by atoms with Crippen LogP contribution in [0.2, 0.25) is 0 Å². The molecule has 2 rings (SSSR count). The Labute approximate surface area is 73.8 Å². The number of halogens is 1. The number of hydrogen-bond acceptors (Lipinski definition) is 3. The first-order chi connectivity index (χ1) is 6.29. The van der Waals surface area contributed by atoms with E-state index in [1.165, 1.54) is 23.1 Å². The van der Waals surface area contributed by atoms with Crippen molar-refractivity contribution in [2.75, 3.05) is 5.73 Å². The topological polar surface area (TPSA) is 56.7 Å². The zero-order valence-electron chi connectivity index (χ0n) is 6.68. The molecule has 4 nitrogen and oxygen atoms in total. The van der Waals surface area contributed by atoms with E-state index in [0.29, 0.717) is 5.69 Å². The monoisotopic (exact) mass is 178 g/mol.